The van der Waals surface area contributed by atoms with E-state index in [1.54, 1.807) is 6.07 Å². The van der Waals surface area contributed by atoms with Gasteiger partial charge in [0, 0.05) is 7.05 Å². The summed E-state index contributed by atoms with van der Waals surface area (Å²) in [4.78, 5) is 36.3. The topological polar surface area (TPSA) is 108 Å². The van der Waals surface area contributed by atoms with Crippen molar-refractivity contribution in [1.82, 2.24) is 5.32 Å². The van der Waals surface area contributed by atoms with Crippen LogP contribution in [0.15, 0.2) is 58.1 Å². The maximum Gasteiger partial charge on any atom is 0.254 e. The van der Waals surface area contributed by atoms with Gasteiger partial charge in [-0.3, -0.25) is 14.4 Å². The summed E-state index contributed by atoms with van der Waals surface area (Å²) in [7, 11) is 1.45. The number of phenolic OH excluding ortho intramolecular Hbond substituents is 1. The molecule has 7 heteroatoms. The molecule has 3 rings (SSSR count). The standard InChI is InChI=1S/C22H23N3O4/c1-12(2)16(13-8-5-4-6-9-13)25-18-17(20(27)21(18)28)24-15-11-7-10-14(19(15)26)22(29)23-3/h4-12,16,24-26H,1-3H3,(H,23,29). The number of hydrogen-bond acceptors (Lipinski definition) is 6. The van der Waals surface area contributed by atoms with Gasteiger partial charge in [0.05, 0.1) is 17.3 Å². The van der Waals surface area contributed by atoms with Crippen molar-refractivity contribution < 1.29 is 9.90 Å². The second-order valence-corrected chi connectivity index (χ2v) is 7.09. The monoisotopic (exact) mass is 393 g/mol. The summed E-state index contributed by atoms with van der Waals surface area (Å²) in [5.41, 5.74) is 0.176. The van der Waals surface area contributed by atoms with Crippen molar-refractivity contribution in [2.75, 3.05) is 17.7 Å². The molecule has 1 amide bonds. The Hall–Kier alpha value is -3.61. The molecule has 3 aromatic rings. The summed E-state index contributed by atoms with van der Waals surface area (Å²) in [5.74, 6) is -0.604. The highest BCUT2D eigenvalue weighted by atomic mass is 16.3. The number of phenols is 1. The van der Waals surface area contributed by atoms with Crippen LogP contribution in [0, 0.1) is 5.92 Å². The highest BCUT2D eigenvalue weighted by molar-refractivity contribution is 5.99. The molecule has 0 fully saturated rings. The summed E-state index contributed by atoms with van der Waals surface area (Å²) in [5, 5.41) is 18.8. The first-order chi connectivity index (χ1) is 13.8. The molecule has 0 heterocycles. The quantitative estimate of drug-likeness (QED) is 0.363. The van der Waals surface area contributed by atoms with Gasteiger partial charge in [-0.25, -0.2) is 0 Å². The number of carbonyl (C=O) groups is 1. The van der Waals surface area contributed by atoms with E-state index in [9.17, 15) is 19.5 Å². The molecule has 0 aliphatic rings. The summed E-state index contributed by atoms with van der Waals surface area (Å²) in [6.07, 6.45) is 0. The first-order valence-corrected chi connectivity index (χ1v) is 9.31. The Balaban J connectivity index is 1.93. The molecule has 0 aliphatic heterocycles. The smallest absolute Gasteiger partial charge is 0.254 e. The molecule has 0 saturated heterocycles. The van der Waals surface area contributed by atoms with E-state index in [-0.39, 0.29) is 40.3 Å². The van der Waals surface area contributed by atoms with Crippen LogP contribution in [0.1, 0.15) is 35.8 Å². The number of carbonyl (C=O) groups excluding carboxylic acids is 1. The van der Waals surface area contributed by atoms with E-state index in [0.717, 1.165) is 5.56 Å². The zero-order valence-electron chi connectivity index (χ0n) is 16.4. The summed E-state index contributed by atoms with van der Waals surface area (Å²) < 4.78 is 0. The molecule has 4 N–H and O–H groups in total. The molecule has 1 atom stereocenters. The Kier molecular flexibility index (Phi) is 5.68. The molecule has 0 bridgehead atoms. The first kappa shape index (κ1) is 20.1. The Morgan fingerprint density at radius 3 is 2.21 bits per heavy atom. The normalized spacial score (nSPS) is 12.0. The van der Waals surface area contributed by atoms with Crippen molar-refractivity contribution >= 4 is 23.0 Å². The molecule has 0 radical (unpaired) electrons. The van der Waals surface area contributed by atoms with Gasteiger partial charge in [-0.15, -0.1) is 0 Å². The number of nitrogens with one attached hydrogen (secondary N) is 3. The van der Waals surface area contributed by atoms with Crippen LogP contribution >= 0.6 is 0 Å². The van der Waals surface area contributed by atoms with E-state index in [2.05, 4.69) is 16.0 Å². The predicted molar refractivity (Wildman–Crippen MR) is 114 cm³/mol. The van der Waals surface area contributed by atoms with Gasteiger partial charge in [-0.2, -0.15) is 0 Å². The van der Waals surface area contributed by atoms with Gasteiger partial charge in [-0.05, 0) is 23.6 Å². The van der Waals surface area contributed by atoms with Crippen LogP contribution in [0.5, 0.6) is 5.75 Å². The molecular formula is C22H23N3O4. The maximum atomic E-state index is 12.2. The molecule has 0 saturated carbocycles. The molecule has 0 spiro atoms. The molecule has 3 aromatic carbocycles. The number of aromatic hydroxyl groups is 1. The number of para-hydroxylation sites is 1. The summed E-state index contributed by atoms with van der Waals surface area (Å²) in [6.45, 7) is 4.03. The van der Waals surface area contributed by atoms with Crippen molar-refractivity contribution in [3.8, 4) is 5.75 Å². The van der Waals surface area contributed by atoms with Crippen LogP contribution in [0.25, 0.3) is 0 Å². The van der Waals surface area contributed by atoms with Crippen LogP contribution in [0.2, 0.25) is 0 Å². The van der Waals surface area contributed by atoms with Gasteiger partial charge in [0.15, 0.2) is 5.75 Å². The second-order valence-electron chi connectivity index (χ2n) is 7.09. The zero-order chi connectivity index (χ0) is 21.1. The minimum atomic E-state index is -0.673. The van der Waals surface area contributed by atoms with Crippen LogP contribution in [0.3, 0.4) is 0 Å². The van der Waals surface area contributed by atoms with Gasteiger partial charge in [0.25, 0.3) is 16.8 Å². The Labute approximate surface area is 168 Å². The molecule has 7 nitrogen and oxygen atoms in total. The van der Waals surface area contributed by atoms with Crippen LogP contribution in [-0.2, 0) is 0 Å². The number of amides is 1. The number of hydrogen-bond donors (Lipinski definition) is 4. The predicted octanol–water partition coefficient (Wildman–Crippen LogP) is 2.90. The average molecular weight is 393 g/mol. The first-order valence-electron chi connectivity index (χ1n) is 9.31. The van der Waals surface area contributed by atoms with E-state index in [1.807, 2.05) is 44.2 Å². The third-order valence-corrected chi connectivity index (χ3v) is 4.80. The van der Waals surface area contributed by atoms with E-state index >= 15 is 0 Å². The van der Waals surface area contributed by atoms with Crippen molar-refractivity contribution in [1.29, 1.82) is 0 Å². The molecule has 150 valence electrons. The Bertz CT molecular complexity index is 1100. The molecule has 1 unspecified atom stereocenters. The van der Waals surface area contributed by atoms with E-state index in [1.165, 1.54) is 19.2 Å². The Morgan fingerprint density at radius 2 is 1.59 bits per heavy atom. The fourth-order valence-electron chi connectivity index (χ4n) is 3.20. The maximum absolute atomic E-state index is 12.2. The van der Waals surface area contributed by atoms with Crippen molar-refractivity contribution in [3.63, 3.8) is 0 Å². The van der Waals surface area contributed by atoms with E-state index < -0.39 is 16.8 Å². The molecule has 0 aliphatic carbocycles. The zero-order valence-corrected chi connectivity index (χ0v) is 16.4. The fourth-order valence-corrected chi connectivity index (χ4v) is 3.20. The second kappa shape index (κ2) is 8.18. The molecular weight excluding hydrogens is 370 g/mol. The Morgan fingerprint density at radius 1 is 0.931 bits per heavy atom. The van der Waals surface area contributed by atoms with Gasteiger partial charge >= 0.3 is 0 Å². The lowest BCUT2D eigenvalue weighted by Gasteiger charge is -2.26. The lowest BCUT2D eigenvalue weighted by molar-refractivity contribution is 0.0960. The van der Waals surface area contributed by atoms with Crippen molar-refractivity contribution in [2.24, 2.45) is 5.92 Å². The average Bonchev–Trinajstić information content (AvgIpc) is 2.73. The third-order valence-electron chi connectivity index (χ3n) is 4.80. The highest BCUT2D eigenvalue weighted by Crippen LogP contribution is 2.33. The van der Waals surface area contributed by atoms with Crippen LogP contribution in [-0.4, -0.2) is 18.1 Å². The molecule has 0 aromatic heterocycles. The van der Waals surface area contributed by atoms with Gasteiger partial charge in [0.1, 0.15) is 11.4 Å². The van der Waals surface area contributed by atoms with Crippen molar-refractivity contribution in [2.45, 2.75) is 19.9 Å². The summed E-state index contributed by atoms with van der Waals surface area (Å²) in [6, 6.07) is 14.0. The van der Waals surface area contributed by atoms with Crippen molar-refractivity contribution in [3.05, 3.63) is 80.1 Å². The third kappa shape index (κ3) is 3.85. The summed E-state index contributed by atoms with van der Waals surface area (Å²) >= 11 is 0. The number of benzene rings is 2. The minimum absolute atomic E-state index is 0.0649. The fraction of sp³-hybridized carbons (Fsp3) is 0.227. The van der Waals surface area contributed by atoms with Crippen LogP contribution in [0.4, 0.5) is 17.1 Å². The van der Waals surface area contributed by atoms with E-state index in [4.69, 9.17) is 0 Å². The van der Waals surface area contributed by atoms with E-state index in [0.29, 0.717) is 0 Å². The van der Waals surface area contributed by atoms with Gasteiger partial charge in [-0.1, -0.05) is 50.2 Å². The largest absolute Gasteiger partial charge is 0.505 e. The number of rotatable bonds is 7. The SMILES string of the molecule is CNC(=O)c1cccc(Nc2c(NC(c3ccccc3)C(C)C)c(=O)c2=O)c1O. The molecule has 29 heavy (non-hydrogen) atoms. The minimum Gasteiger partial charge on any atom is -0.505 e. The van der Waals surface area contributed by atoms with Gasteiger partial charge < -0.3 is 21.1 Å². The van der Waals surface area contributed by atoms with Gasteiger partial charge in [0.2, 0.25) is 0 Å². The lowest BCUT2D eigenvalue weighted by Crippen LogP contribution is -2.38. The van der Waals surface area contributed by atoms with Crippen LogP contribution < -0.4 is 26.8 Å². The highest BCUT2D eigenvalue weighted by Gasteiger charge is 2.26. The number of anilines is 3. The lowest BCUT2D eigenvalue weighted by atomic mass is 9.95.